The van der Waals surface area contributed by atoms with Crippen LogP contribution in [0.25, 0.3) is 22.3 Å². The van der Waals surface area contributed by atoms with E-state index in [1.165, 1.54) is 18.0 Å². The number of halogens is 1. The first-order valence-corrected chi connectivity index (χ1v) is 10.0. The summed E-state index contributed by atoms with van der Waals surface area (Å²) in [5.74, 6) is 0.268. The Bertz CT molecular complexity index is 1200. The van der Waals surface area contributed by atoms with Crippen molar-refractivity contribution in [2.24, 2.45) is 7.05 Å². The van der Waals surface area contributed by atoms with Gasteiger partial charge in [-0.3, -0.25) is 9.97 Å². The number of fused-ring (bicyclic) bond motifs is 1. The molecule has 0 aliphatic heterocycles. The van der Waals surface area contributed by atoms with Crippen LogP contribution in [0.1, 0.15) is 17.3 Å². The number of aromatic nitrogens is 5. The second kappa shape index (κ2) is 8.18. The highest BCUT2D eigenvalue weighted by molar-refractivity contribution is 7.99. The summed E-state index contributed by atoms with van der Waals surface area (Å²) in [4.78, 5) is 21.6. The number of hydrogen-bond donors (Lipinski definition) is 0. The average Bonchev–Trinajstić information content (AvgIpc) is 3.09. The molecule has 0 aliphatic carbocycles. The van der Waals surface area contributed by atoms with Gasteiger partial charge in [-0.15, -0.1) is 10.2 Å². The van der Waals surface area contributed by atoms with Crippen molar-refractivity contribution >= 4 is 40.2 Å². The van der Waals surface area contributed by atoms with E-state index >= 15 is 0 Å². The molecule has 4 rings (SSSR count). The maximum absolute atomic E-state index is 12.5. The summed E-state index contributed by atoms with van der Waals surface area (Å²) >= 11 is 7.45. The molecule has 4 aromatic rings. The van der Waals surface area contributed by atoms with Crippen molar-refractivity contribution in [3.05, 3.63) is 59.5 Å². The van der Waals surface area contributed by atoms with E-state index in [1.807, 2.05) is 29.8 Å². The van der Waals surface area contributed by atoms with E-state index < -0.39 is 5.97 Å². The van der Waals surface area contributed by atoms with Gasteiger partial charge in [0.1, 0.15) is 0 Å². The molecule has 0 fully saturated rings. The van der Waals surface area contributed by atoms with Crippen LogP contribution in [-0.2, 0) is 11.8 Å². The second-order valence-corrected chi connectivity index (χ2v) is 7.50. The number of carbonyl (C=O) groups excluding carboxylic acids is 1. The fourth-order valence-corrected chi connectivity index (χ4v) is 4.04. The van der Waals surface area contributed by atoms with Gasteiger partial charge in [0.2, 0.25) is 0 Å². The summed E-state index contributed by atoms with van der Waals surface area (Å²) in [5, 5.41) is 10.6. The van der Waals surface area contributed by atoms with Gasteiger partial charge in [0.05, 0.1) is 17.7 Å². The van der Waals surface area contributed by atoms with E-state index in [2.05, 4.69) is 20.2 Å². The molecule has 0 atom stereocenters. The van der Waals surface area contributed by atoms with Crippen LogP contribution in [0.4, 0.5) is 0 Å². The Morgan fingerprint density at radius 3 is 2.76 bits per heavy atom. The number of rotatable bonds is 5. The van der Waals surface area contributed by atoms with Crippen LogP contribution < -0.4 is 0 Å². The smallest absolute Gasteiger partial charge is 0.340 e. The van der Waals surface area contributed by atoms with Gasteiger partial charge in [0, 0.05) is 46.5 Å². The van der Waals surface area contributed by atoms with Gasteiger partial charge >= 0.3 is 5.97 Å². The normalized spacial score (nSPS) is 11.0. The molecule has 29 heavy (non-hydrogen) atoms. The molecule has 1 aromatic carbocycles. The molecule has 0 saturated heterocycles. The molecule has 0 unspecified atom stereocenters. The molecule has 0 N–H and O–H groups in total. The molecular formula is C20H16ClN5O2S. The lowest BCUT2D eigenvalue weighted by molar-refractivity contribution is 0.0522. The monoisotopic (exact) mass is 425 g/mol. The molecule has 0 spiro atoms. The zero-order valence-corrected chi connectivity index (χ0v) is 17.2. The molecule has 3 aromatic heterocycles. The molecular weight excluding hydrogens is 410 g/mol. The highest BCUT2D eigenvalue weighted by atomic mass is 35.5. The Kier molecular flexibility index (Phi) is 5.46. The average molecular weight is 426 g/mol. The van der Waals surface area contributed by atoms with E-state index in [0.717, 1.165) is 10.9 Å². The highest BCUT2D eigenvalue weighted by Crippen LogP contribution is 2.36. The molecule has 146 valence electrons. The first-order valence-electron chi connectivity index (χ1n) is 8.81. The SMILES string of the molecule is CCOC(=O)c1cnc2cc(Cl)ccc2c1Sc1nnc(-c2ccncc2)n1C. The zero-order valence-electron chi connectivity index (χ0n) is 15.7. The summed E-state index contributed by atoms with van der Waals surface area (Å²) in [6.07, 6.45) is 4.92. The van der Waals surface area contributed by atoms with E-state index in [4.69, 9.17) is 16.3 Å². The van der Waals surface area contributed by atoms with Gasteiger partial charge in [-0.2, -0.15) is 0 Å². The van der Waals surface area contributed by atoms with Crippen molar-refractivity contribution < 1.29 is 9.53 Å². The fraction of sp³-hybridized carbons (Fsp3) is 0.150. The minimum atomic E-state index is -0.434. The number of pyridine rings is 2. The molecule has 7 nitrogen and oxygen atoms in total. The number of carbonyl (C=O) groups is 1. The van der Waals surface area contributed by atoms with Crippen molar-refractivity contribution in [3.63, 3.8) is 0 Å². The lowest BCUT2D eigenvalue weighted by Gasteiger charge is -2.11. The van der Waals surface area contributed by atoms with Gasteiger partial charge in [0.25, 0.3) is 0 Å². The van der Waals surface area contributed by atoms with Gasteiger partial charge < -0.3 is 9.30 Å². The van der Waals surface area contributed by atoms with Gasteiger partial charge in [-0.25, -0.2) is 4.79 Å². The Hall–Kier alpha value is -2.97. The lowest BCUT2D eigenvalue weighted by Crippen LogP contribution is -2.07. The predicted molar refractivity (Wildman–Crippen MR) is 111 cm³/mol. The molecule has 0 bridgehead atoms. The third kappa shape index (κ3) is 3.81. The molecule has 0 aliphatic rings. The van der Waals surface area contributed by atoms with Crippen LogP contribution in [0, 0.1) is 0 Å². The van der Waals surface area contributed by atoms with Crippen molar-refractivity contribution in [1.82, 2.24) is 24.7 Å². The third-order valence-electron chi connectivity index (χ3n) is 4.24. The number of nitrogens with zero attached hydrogens (tertiary/aromatic N) is 5. The second-order valence-electron chi connectivity index (χ2n) is 6.09. The summed E-state index contributed by atoms with van der Waals surface area (Å²) in [5.41, 5.74) is 1.96. The van der Waals surface area contributed by atoms with Crippen LogP contribution >= 0.6 is 23.4 Å². The number of esters is 1. The number of hydrogen-bond acceptors (Lipinski definition) is 7. The fourth-order valence-electron chi connectivity index (χ4n) is 2.85. The Balaban J connectivity index is 1.82. The Labute approximate surface area is 176 Å². The quantitative estimate of drug-likeness (QED) is 0.438. The minimum Gasteiger partial charge on any atom is -0.462 e. The van der Waals surface area contributed by atoms with Gasteiger partial charge in [0.15, 0.2) is 11.0 Å². The highest BCUT2D eigenvalue weighted by Gasteiger charge is 2.21. The molecule has 0 amide bonds. The maximum atomic E-state index is 12.5. The number of ether oxygens (including phenoxy) is 1. The van der Waals surface area contributed by atoms with Gasteiger partial charge in [-0.05, 0) is 43.0 Å². The largest absolute Gasteiger partial charge is 0.462 e. The first kappa shape index (κ1) is 19.4. The van der Waals surface area contributed by atoms with E-state index in [1.54, 1.807) is 31.5 Å². The van der Waals surface area contributed by atoms with Crippen molar-refractivity contribution in [2.75, 3.05) is 6.61 Å². The predicted octanol–water partition coefficient (Wildman–Crippen LogP) is 4.41. The Morgan fingerprint density at radius 1 is 1.21 bits per heavy atom. The summed E-state index contributed by atoms with van der Waals surface area (Å²) < 4.78 is 7.09. The van der Waals surface area contributed by atoms with E-state index in [-0.39, 0.29) is 6.61 Å². The molecule has 0 saturated carbocycles. The standard InChI is InChI=1S/C20H16ClN5O2S/c1-3-28-19(27)15-11-23-16-10-13(21)4-5-14(16)17(15)29-20-25-24-18(26(20)2)12-6-8-22-9-7-12/h4-11H,3H2,1-2H3. The van der Waals surface area contributed by atoms with Crippen LogP contribution in [0.15, 0.2) is 59.0 Å². The summed E-state index contributed by atoms with van der Waals surface area (Å²) in [6.45, 7) is 2.04. The van der Waals surface area contributed by atoms with Crippen LogP contribution in [0.5, 0.6) is 0 Å². The van der Waals surface area contributed by atoms with Crippen LogP contribution in [0.3, 0.4) is 0 Å². The molecule has 9 heteroatoms. The van der Waals surface area contributed by atoms with E-state index in [9.17, 15) is 4.79 Å². The molecule has 3 heterocycles. The van der Waals surface area contributed by atoms with Crippen molar-refractivity contribution in [1.29, 1.82) is 0 Å². The van der Waals surface area contributed by atoms with Crippen LogP contribution in [-0.4, -0.2) is 37.3 Å². The topological polar surface area (TPSA) is 82.8 Å². The Morgan fingerprint density at radius 2 is 2.00 bits per heavy atom. The maximum Gasteiger partial charge on any atom is 0.340 e. The third-order valence-corrected chi connectivity index (χ3v) is 5.66. The first-order chi connectivity index (χ1) is 14.1. The van der Waals surface area contributed by atoms with Crippen molar-refractivity contribution in [2.45, 2.75) is 17.0 Å². The van der Waals surface area contributed by atoms with Crippen molar-refractivity contribution in [3.8, 4) is 11.4 Å². The summed E-state index contributed by atoms with van der Waals surface area (Å²) in [6, 6.07) is 9.10. The summed E-state index contributed by atoms with van der Waals surface area (Å²) in [7, 11) is 1.88. The molecule has 0 radical (unpaired) electrons. The number of benzene rings is 1. The van der Waals surface area contributed by atoms with E-state index in [0.29, 0.717) is 32.0 Å². The van der Waals surface area contributed by atoms with Crippen LogP contribution in [0.2, 0.25) is 5.02 Å². The van der Waals surface area contributed by atoms with Gasteiger partial charge in [-0.1, -0.05) is 17.7 Å². The lowest BCUT2D eigenvalue weighted by atomic mass is 10.1. The zero-order chi connectivity index (χ0) is 20.4. The minimum absolute atomic E-state index is 0.276.